The fraction of sp³-hybridized carbons (Fsp3) is 0.263. The van der Waals surface area contributed by atoms with Crippen LogP contribution < -0.4 is 15.4 Å². The van der Waals surface area contributed by atoms with Gasteiger partial charge in [0.1, 0.15) is 17.4 Å². The summed E-state index contributed by atoms with van der Waals surface area (Å²) >= 11 is 0. The van der Waals surface area contributed by atoms with E-state index in [0.29, 0.717) is 18.2 Å². The number of halogens is 2. The maximum atomic E-state index is 13.6. The zero-order valence-corrected chi connectivity index (χ0v) is 14.5. The SMILES string of the molecule is CCC(NC(=O)CNC(=O)c1ccc(F)cc1F)c1ccc(OC)cc1. The summed E-state index contributed by atoms with van der Waals surface area (Å²) in [5.74, 6) is -2.24. The Morgan fingerprint density at radius 1 is 1.12 bits per heavy atom. The zero-order valence-electron chi connectivity index (χ0n) is 14.5. The zero-order chi connectivity index (χ0) is 19.1. The van der Waals surface area contributed by atoms with Gasteiger partial charge in [0, 0.05) is 6.07 Å². The van der Waals surface area contributed by atoms with Gasteiger partial charge >= 0.3 is 0 Å². The minimum absolute atomic E-state index is 0.229. The van der Waals surface area contributed by atoms with Crippen LogP contribution in [0.5, 0.6) is 5.75 Å². The van der Waals surface area contributed by atoms with Gasteiger partial charge in [-0.15, -0.1) is 0 Å². The maximum absolute atomic E-state index is 13.6. The fourth-order valence-corrected chi connectivity index (χ4v) is 2.43. The third-order valence-electron chi connectivity index (χ3n) is 3.85. The van der Waals surface area contributed by atoms with Crippen molar-refractivity contribution in [1.29, 1.82) is 0 Å². The molecule has 2 amide bonds. The molecule has 138 valence electrons. The lowest BCUT2D eigenvalue weighted by atomic mass is 10.0. The molecule has 1 atom stereocenters. The Kier molecular flexibility index (Phi) is 6.66. The molecule has 0 aromatic heterocycles. The number of benzene rings is 2. The van der Waals surface area contributed by atoms with Crippen molar-refractivity contribution in [2.75, 3.05) is 13.7 Å². The molecule has 2 aromatic rings. The van der Waals surface area contributed by atoms with Crippen molar-refractivity contribution in [2.24, 2.45) is 0 Å². The maximum Gasteiger partial charge on any atom is 0.254 e. The second-order valence-electron chi connectivity index (χ2n) is 5.61. The van der Waals surface area contributed by atoms with Crippen LogP contribution in [0.15, 0.2) is 42.5 Å². The monoisotopic (exact) mass is 362 g/mol. The van der Waals surface area contributed by atoms with E-state index in [9.17, 15) is 18.4 Å². The van der Waals surface area contributed by atoms with Gasteiger partial charge in [-0.1, -0.05) is 19.1 Å². The molecule has 0 heterocycles. The van der Waals surface area contributed by atoms with Crippen LogP contribution in [-0.2, 0) is 4.79 Å². The standard InChI is InChI=1S/C19H20F2N2O3/c1-3-17(12-4-7-14(26-2)8-5-12)23-18(24)11-22-19(25)15-9-6-13(20)10-16(15)21/h4-10,17H,3,11H2,1-2H3,(H,22,25)(H,23,24). The van der Waals surface area contributed by atoms with Crippen molar-refractivity contribution in [1.82, 2.24) is 10.6 Å². The number of nitrogens with one attached hydrogen (secondary N) is 2. The van der Waals surface area contributed by atoms with E-state index in [4.69, 9.17) is 4.74 Å². The van der Waals surface area contributed by atoms with Crippen LogP contribution in [-0.4, -0.2) is 25.5 Å². The van der Waals surface area contributed by atoms with Crippen molar-refractivity contribution in [2.45, 2.75) is 19.4 Å². The van der Waals surface area contributed by atoms with E-state index in [1.54, 1.807) is 19.2 Å². The van der Waals surface area contributed by atoms with Crippen LogP contribution in [0.2, 0.25) is 0 Å². The molecule has 5 nitrogen and oxygen atoms in total. The summed E-state index contributed by atoms with van der Waals surface area (Å²) in [6, 6.07) is 9.68. The van der Waals surface area contributed by atoms with Gasteiger partial charge in [-0.2, -0.15) is 0 Å². The van der Waals surface area contributed by atoms with Gasteiger partial charge in [0.15, 0.2) is 0 Å². The second kappa shape index (κ2) is 8.94. The molecular formula is C19H20F2N2O3. The number of ether oxygens (including phenoxy) is 1. The molecule has 7 heteroatoms. The predicted octanol–water partition coefficient (Wildman–Crippen LogP) is 2.97. The first-order valence-electron chi connectivity index (χ1n) is 8.11. The molecule has 0 aliphatic heterocycles. The number of carbonyl (C=O) groups is 2. The van der Waals surface area contributed by atoms with E-state index in [1.807, 2.05) is 19.1 Å². The number of hydrogen-bond acceptors (Lipinski definition) is 3. The van der Waals surface area contributed by atoms with Gasteiger partial charge in [-0.05, 0) is 36.2 Å². The third kappa shape index (κ3) is 5.02. The molecule has 0 aliphatic rings. The average Bonchev–Trinajstić information content (AvgIpc) is 2.64. The highest BCUT2D eigenvalue weighted by molar-refractivity contribution is 5.96. The van der Waals surface area contributed by atoms with Crippen LogP contribution in [0.1, 0.15) is 35.3 Å². The Morgan fingerprint density at radius 2 is 1.81 bits per heavy atom. The van der Waals surface area contributed by atoms with Gasteiger partial charge in [0.05, 0.1) is 25.3 Å². The molecule has 2 N–H and O–H groups in total. The first kappa shape index (κ1) is 19.4. The quantitative estimate of drug-likeness (QED) is 0.796. The summed E-state index contributed by atoms with van der Waals surface area (Å²) in [5, 5.41) is 5.13. The normalized spacial score (nSPS) is 11.5. The van der Waals surface area contributed by atoms with Crippen LogP contribution >= 0.6 is 0 Å². The van der Waals surface area contributed by atoms with Crippen molar-refractivity contribution in [3.05, 3.63) is 65.2 Å². The van der Waals surface area contributed by atoms with Gasteiger partial charge in [0.25, 0.3) is 5.91 Å². The predicted molar refractivity (Wildman–Crippen MR) is 92.9 cm³/mol. The van der Waals surface area contributed by atoms with Crippen molar-refractivity contribution >= 4 is 11.8 Å². The van der Waals surface area contributed by atoms with E-state index in [2.05, 4.69) is 10.6 Å². The highest BCUT2D eigenvalue weighted by Gasteiger charge is 2.16. The summed E-state index contributed by atoms with van der Waals surface area (Å²) in [6.07, 6.45) is 0.651. The number of methoxy groups -OCH3 is 1. The number of amides is 2. The molecule has 26 heavy (non-hydrogen) atoms. The molecule has 0 spiro atoms. The molecule has 0 aliphatic carbocycles. The molecule has 0 saturated carbocycles. The first-order valence-corrected chi connectivity index (χ1v) is 8.11. The van der Waals surface area contributed by atoms with Crippen molar-refractivity contribution in [3.8, 4) is 5.75 Å². The fourth-order valence-electron chi connectivity index (χ4n) is 2.43. The van der Waals surface area contributed by atoms with Gasteiger partial charge in [-0.25, -0.2) is 8.78 Å². The summed E-state index contributed by atoms with van der Waals surface area (Å²) in [4.78, 5) is 24.0. The van der Waals surface area contributed by atoms with Crippen LogP contribution in [0, 0.1) is 11.6 Å². The lowest BCUT2D eigenvalue weighted by Gasteiger charge is -2.18. The minimum Gasteiger partial charge on any atom is -0.497 e. The van der Waals surface area contributed by atoms with E-state index < -0.39 is 23.4 Å². The Hall–Kier alpha value is -2.96. The summed E-state index contributed by atoms with van der Waals surface area (Å²) in [6.45, 7) is 1.60. The van der Waals surface area contributed by atoms with E-state index in [-0.39, 0.29) is 18.2 Å². The molecule has 2 aromatic carbocycles. The Balaban J connectivity index is 1.92. The smallest absolute Gasteiger partial charge is 0.254 e. The van der Waals surface area contributed by atoms with Crippen molar-refractivity contribution in [3.63, 3.8) is 0 Å². The molecule has 0 saturated heterocycles. The first-order chi connectivity index (χ1) is 12.4. The van der Waals surface area contributed by atoms with Crippen LogP contribution in [0.4, 0.5) is 8.78 Å². The van der Waals surface area contributed by atoms with Gasteiger partial charge < -0.3 is 15.4 Å². The minimum atomic E-state index is -0.979. The largest absolute Gasteiger partial charge is 0.497 e. The lowest BCUT2D eigenvalue weighted by Crippen LogP contribution is -2.38. The topological polar surface area (TPSA) is 67.4 Å². The van der Waals surface area contributed by atoms with Crippen molar-refractivity contribution < 1.29 is 23.1 Å². The van der Waals surface area contributed by atoms with Crippen LogP contribution in [0.25, 0.3) is 0 Å². The average molecular weight is 362 g/mol. The number of carbonyl (C=O) groups excluding carboxylic acids is 2. The number of rotatable bonds is 7. The second-order valence-corrected chi connectivity index (χ2v) is 5.61. The Bertz CT molecular complexity index is 779. The molecule has 0 bridgehead atoms. The Morgan fingerprint density at radius 3 is 2.38 bits per heavy atom. The highest BCUT2D eigenvalue weighted by atomic mass is 19.1. The van der Waals surface area contributed by atoms with E-state index in [1.165, 1.54) is 0 Å². The highest BCUT2D eigenvalue weighted by Crippen LogP contribution is 2.20. The van der Waals surface area contributed by atoms with E-state index >= 15 is 0 Å². The van der Waals surface area contributed by atoms with E-state index in [0.717, 1.165) is 17.7 Å². The summed E-state index contributed by atoms with van der Waals surface area (Å²) in [5.41, 5.74) is 0.582. The molecule has 2 rings (SSSR count). The Labute approximate surface area is 150 Å². The summed E-state index contributed by atoms with van der Waals surface area (Å²) < 4.78 is 31.5. The molecule has 0 radical (unpaired) electrons. The lowest BCUT2D eigenvalue weighted by molar-refractivity contribution is -0.120. The van der Waals surface area contributed by atoms with Crippen LogP contribution in [0.3, 0.4) is 0 Å². The molecule has 0 fully saturated rings. The van der Waals surface area contributed by atoms with Gasteiger partial charge in [0.2, 0.25) is 5.91 Å². The third-order valence-corrected chi connectivity index (χ3v) is 3.85. The van der Waals surface area contributed by atoms with Gasteiger partial charge in [-0.3, -0.25) is 9.59 Å². The molecule has 1 unspecified atom stereocenters. The summed E-state index contributed by atoms with van der Waals surface area (Å²) in [7, 11) is 1.57. The number of hydrogen-bond donors (Lipinski definition) is 2. The molecular weight excluding hydrogens is 342 g/mol.